The highest BCUT2D eigenvalue weighted by Crippen LogP contribution is 2.29. The van der Waals surface area contributed by atoms with Gasteiger partial charge in [0.1, 0.15) is 21.8 Å². The second-order valence-corrected chi connectivity index (χ2v) is 4.21. The molecule has 0 unspecified atom stereocenters. The van der Waals surface area contributed by atoms with E-state index in [1.165, 1.54) is 6.07 Å². The lowest BCUT2D eigenvalue weighted by Gasteiger charge is -2.08. The average molecular weight is 285 g/mol. The number of ether oxygens (including phenoxy) is 2. The molecule has 1 heterocycles. The Hall–Kier alpha value is -1.52. The Morgan fingerprint density at radius 3 is 1.78 bits per heavy atom. The van der Waals surface area contributed by atoms with E-state index in [-0.39, 0.29) is 10.3 Å². The molecule has 4 nitrogen and oxygen atoms in total. The van der Waals surface area contributed by atoms with Crippen LogP contribution in [0.2, 0.25) is 10.3 Å². The van der Waals surface area contributed by atoms with Gasteiger partial charge in [-0.1, -0.05) is 23.2 Å². The van der Waals surface area contributed by atoms with Crippen LogP contribution in [0.5, 0.6) is 11.5 Å². The van der Waals surface area contributed by atoms with Crippen LogP contribution in [0, 0.1) is 0 Å². The third kappa shape index (κ3) is 2.83. The van der Waals surface area contributed by atoms with E-state index < -0.39 is 0 Å². The molecule has 0 amide bonds. The molecule has 1 aromatic heterocycles. The van der Waals surface area contributed by atoms with Crippen LogP contribution < -0.4 is 9.47 Å². The van der Waals surface area contributed by atoms with E-state index in [4.69, 9.17) is 32.7 Å². The Labute approximate surface area is 114 Å². The maximum atomic E-state index is 5.85. The zero-order valence-electron chi connectivity index (χ0n) is 9.78. The molecule has 1 aromatic carbocycles. The molecule has 0 saturated heterocycles. The van der Waals surface area contributed by atoms with Crippen LogP contribution in [0.3, 0.4) is 0 Å². The second-order valence-electron chi connectivity index (χ2n) is 3.44. The van der Waals surface area contributed by atoms with E-state index in [1.54, 1.807) is 32.4 Å². The van der Waals surface area contributed by atoms with Crippen molar-refractivity contribution in [1.82, 2.24) is 9.97 Å². The van der Waals surface area contributed by atoms with E-state index in [0.717, 1.165) is 5.56 Å². The Morgan fingerprint density at radius 1 is 0.833 bits per heavy atom. The van der Waals surface area contributed by atoms with Gasteiger partial charge >= 0.3 is 0 Å². The van der Waals surface area contributed by atoms with E-state index in [0.29, 0.717) is 17.3 Å². The van der Waals surface area contributed by atoms with Crippen molar-refractivity contribution in [3.05, 3.63) is 34.6 Å². The van der Waals surface area contributed by atoms with Gasteiger partial charge in [0.2, 0.25) is 0 Å². The molecule has 18 heavy (non-hydrogen) atoms. The predicted octanol–water partition coefficient (Wildman–Crippen LogP) is 3.47. The predicted molar refractivity (Wildman–Crippen MR) is 70.6 cm³/mol. The van der Waals surface area contributed by atoms with Crippen LogP contribution in [0.4, 0.5) is 0 Å². The topological polar surface area (TPSA) is 44.2 Å². The Morgan fingerprint density at radius 2 is 1.33 bits per heavy atom. The SMILES string of the molecule is COc1cc(OC)cc(-c2nc(Cl)cc(Cl)n2)c1. The van der Waals surface area contributed by atoms with E-state index in [1.807, 2.05) is 0 Å². The molecule has 0 fully saturated rings. The number of methoxy groups -OCH3 is 2. The first kappa shape index (κ1) is 12.9. The number of halogens is 2. The minimum atomic E-state index is 0.284. The minimum Gasteiger partial charge on any atom is -0.497 e. The van der Waals surface area contributed by atoms with Crippen molar-refractivity contribution in [3.63, 3.8) is 0 Å². The van der Waals surface area contributed by atoms with Crippen LogP contribution in [-0.4, -0.2) is 24.2 Å². The standard InChI is InChI=1S/C12H10Cl2N2O2/c1-17-8-3-7(4-9(5-8)18-2)12-15-10(13)6-11(14)16-12/h3-6H,1-2H3. The molecule has 0 radical (unpaired) electrons. The Kier molecular flexibility index (Phi) is 3.89. The monoisotopic (exact) mass is 284 g/mol. The molecule has 0 spiro atoms. The molecule has 0 saturated carbocycles. The highest BCUT2D eigenvalue weighted by molar-refractivity contribution is 6.33. The largest absolute Gasteiger partial charge is 0.497 e. The average Bonchev–Trinajstić information content (AvgIpc) is 2.37. The number of hydrogen-bond donors (Lipinski definition) is 0. The van der Waals surface area contributed by atoms with Crippen molar-refractivity contribution in [2.75, 3.05) is 14.2 Å². The summed E-state index contributed by atoms with van der Waals surface area (Å²) in [6, 6.07) is 6.80. The van der Waals surface area contributed by atoms with Crippen molar-refractivity contribution in [1.29, 1.82) is 0 Å². The quantitative estimate of drug-likeness (QED) is 0.810. The summed E-state index contributed by atoms with van der Waals surface area (Å²) in [5.41, 5.74) is 0.718. The normalized spacial score (nSPS) is 10.2. The molecule has 6 heteroatoms. The van der Waals surface area contributed by atoms with Gasteiger partial charge in [-0.05, 0) is 12.1 Å². The molecule has 0 aliphatic rings. The van der Waals surface area contributed by atoms with Crippen molar-refractivity contribution < 1.29 is 9.47 Å². The van der Waals surface area contributed by atoms with Crippen molar-refractivity contribution in [2.24, 2.45) is 0 Å². The van der Waals surface area contributed by atoms with Gasteiger partial charge in [0, 0.05) is 17.7 Å². The summed E-state index contributed by atoms with van der Waals surface area (Å²) < 4.78 is 10.4. The fourth-order valence-corrected chi connectivity index (χ4v) is 1.88. The van der Waals surface area contributed by atoms with Crippen molar-refractivity contribution >= 4 is 23.2 Å². The molecule has 2 aromatic rings. The number of aromatic nitrogens is 2. The van der Waals surface area contributed by atoms with E-state index >= 15 is 0 Å². The number of hydrogen-bond acceptors (Lipinski definition) is 4. The number of nitrogens with zero attached hydrogens (tertiary/aromatic N) is 2. The fourth-order valence-electron chi connectivity index (χ4n) is 1.46. The van der Waals surface area contributed by atoms with Gasteiger partial charge in [0.05, 0.1) is 14.2 Å². The van der Waals surface area contributed by atoms with Crippen LogP contribution in [0.1, 0.15) is 0 Å². The minimum absolute atomic E-state index is 0.284. The van der Waals surface area contributed by atoms with Crippen molar-refractivity contribution in [2.45, 2.75) is 0 Å². The van der Waals surface area contributed by atoms with Gasteiger partial charge in [-0.3, -0.25) is 0 Å². The fraction of sp³-hybridized carbons (Fsp3) is 0.167. The maximum absolute atomic E-state index is 5.85. The zero-order chi connectivity index (χ0) is 13.1. The lowest BCUT2D eigenvalue weighted by molar-refractivity contribution is 0.394. The third-order valence-electron chi connectivity index (χ3n) is 2.27. The number of rotatable bonds is 3. The van der Waals surface area contributed by atoms with Gasteiger partial charge in [-0.2, -0.15) is 0 Å². The first-order chi connectivity index (χ1) is 8.62. The van der Waals surface area contributed by atoms with E-state index in [9.17, 15) is 0 Å². The summed E-state index contributed by atoms with van der Waals surface area (Å²) in [5.74, 6) is 1.71. The molecule has 0 N–H and O–H groups in total. The van der Waals surface area contributed by atoms with E-state index in [2.05, 4.69) is 9.97 Å². The molecule has 2 rings (SSSR count). The first-order valence-corrected chi connectivity index (χ1v) is 5.81. The maximum Gasteiger partial charge on any atom is 0.162 e. The lowest BCUT2D eigenvalue weighted by Crippen LogP contribution is -1.93. The van der Waals surface area contributed by atoms with Gasteiger partial charge in [-0.15, -0.1) is 0 Å². The van der Waals surface area contributed by atoms with Crippen LogP contribution in [-0.2, 0) is 0 Å². The zero-order valence-corrected chi connectivity index (χ0v) is 11.3. The summed E-state index contributed by atoms with van der Waals surface area (Å²) in [5, 5.41) is 0.568. The third-order valence-corrected chi connectivity index (χ3v) is 2.66. The Bertz CT molecular complexity index is 533. The molecule has 0 atom stereocenters. The van der Waals surface area contributed by atoms with Gasteiger partial charge in [0.15, 0.2) is 5.82 Å². The molecule has 94 valence electrons. The molecule has 0 aliphatic carbocycles. The summed E-state index contributed by atoms with van der Waals surface area (Å²) in [6.07, 6.45) is 0. The lowest BCUT2D eigenvalue weighted by atomic mass is 10.2. The highest BCUT2D eigenvalue weighted by Gasteiger charge is 2.08. The first-order valence-electron chi connectivity index (χ1n) is 5.06. The smallest absolute Gasteiger partial charge is 0.162 e. The van der Waals surface area contributed by atoms with Crippen molar-refractivity contribution in [3.8, 4) is 22.9 Å². The van der Waals surface area contributed by atoms with Crippen LogP contribution in [0.15, 0.2) is 24.3 Å². The van der Waals surface area contributed by atoms with Crippen LogP contribution >= 0.6 is 23.2 Å². The summed E-state index contributed by atoms with van der Waals surface area (Å²) in [6.45, 7) is 0. The van der Waals surface area contributed by atoms with Crippen LogP contribution in [0.25, 0.3) is 11.4 Å². The number of benzene rings is 1. The van der Waals surface area contributed by atoms with Gasteiger partial charge < -0.3 is 9.47 Å². The molecule has 0 bridgehead atoms. The van der Waals surface area contributed by atoms with Gasteiger partial charge in [0.25, 0.3) is 0 Å². The van der Waals surface area contributed by atoms with Gasteiger partial charge in [-0.25, -0.2) is 9.97 Å². The highest BCUT2D eigenvalue weighted by atomic mass is 35.5. The summed E-state index contributed by atoms with van der Waals surface area (Å²) >= 11 is 11.7. The summed E-state index contributed by atoms with van der Waals surface area (Å²) in [7, 11) is 3.15. The molecular weight excluding hydrogens is 275 g/mol. The molecular formula is C12H10Cl2N2O2. The Balaban J connectivity index is 2.55. The molecule has 0 aliphatic heterocycles. The second kappa shape index (κ2) is 5.42. The summed E-state index contributed by atoms with van der Waals surface area (Å²) in [4.78, 5) is 8.23.